The highest BCUT2D eigenvalue weighted by Crippen LogP contribution is 2.28. The quantitative estimate of drug-likeness (QED) is 0.877. The van der Waals surface area contributed by atoms with Crippen LogP contribution in [0.15, 0.2) is 29.8 Å². The second-order valence-corrected chi connectivity index (χ2v) is 6.05. The van der Waals surface area contributed by atoms with Crippen LogP contribution in [0.3, 0.4) is 0 Å². The second-order valence-electron chi connectivity index (χ2n) is 5.07. The molecule has 0 aromatic carbocycles. The molecule has 0 bridgehead atoms. The number of hydrogen-bond acceptors (Lipinski definition) is 4. The van der Waals surface area contributed by atoms with Crippen LogP contribution in [0.25, 0.3) is 0 Å². The van der Waals surface area contributed by atoms with Gasteiger partial charge in [0.2, 0.25) is 0 Å². The predicted molar refractivity (Wildman–Crippen MR) is 87.5 cm³/mol. The zero-order valence-electron chi connectivity index (χ0n) is 12.7. The molecule has 0 aliphatic heterocycles. The number of hydrogen-bond donors (Lipinski definition) is 1. The summed E-state index contributed by atoms with van der Waals surface area (Å²) in [5.41, 5.74) is 2.47. The number of nitrogens with one attached hydrogen (secondary N) is 1. The summed E-state index contributed by atoms with van der Waals surface area (Å²) < 4.78 is 0. The summed E-state index contributed by atoms with van der Waals surface area (Å²) in [6.07, 6.45) is 1.97. The highest BCUT2D eigenvalue weighted by atomic mass is 32.1. The Kier molecular flexibility index (Phi) is 5.15. The van der Waals surface area contributed by atoms with Gasteiger partial charge in [0.25, 0.3) is 0 Å². The molecule has 0 amide bonds. The third kappa shape index (κ3) is 3.38. The Morgan fingerprint density at radius 2 is 2.25 bits per heavy atom. The van der Waals surface area contributed by atoms with Gasteiger partial charge in [0, 0.05) is 24.7 Å². The molecule has 1 atom stereocenters. The average molecular weight is 289 g/mol. The van der Waals surface area contributed by atoms with Crippen LogP contribution in [0.5, 0.6) is 0 Å². The van der Waals surface area contributed by atoms with Crippen LogP contribution in [-0.2, 0) is 6.54 Å². The van der Waals surface area contributed by atoms with Crippen LogP contribution < -0.4 is 10.2 Å². The van der Waals surface area contributed by atoms with Crippen molar-refractivity contribution in [3.8, 4) is 0 Å². The number of rotatable bonds is 6. The van der Waals surface area contributed by atoms with Gasteiger partial charge in [0.05, 0.1) is 6.04 Å². The van der Waals surface area contributed by atoms with Crippen molar-refractivity contribution < 1.29 is 0 Å². The fourth-order valence-corrected chi connectivity index (χ4v) is 3.09. The van der Waals surface area contributed by atoms with Gasteiger partial charge in [-0.2, -0.15) is 0 Å². The van der Waals surface area contributed by atoms with E-state index in [1.54, 1.807) is 11.3 Å². The van der Waals surface area contributed by atoms with Gasteiger partial charge < -0.3 is 10.2 Å². The molecule has 108 valence electrons. The summed E-state index contributed by atoms with van der Waals surface area (Å²) >= 11 is 1.79. The number of thiophene rings is 1. The van der Waals surface area contributed by atoms with Crippen molar-refractivity contribution in [2.24, 2.45) is 0 Å². The molecule has 4 heteroatoms. The van der Waals surface area contributed by atoms with Crippen LogP contribution in [0, 0.1) is 6.92 Å². The summed E-state index contributed by atoms with van der Waals surface area (Å²) in [5, 5.41) is 5.46. The normalized spacial score (nSPS) is 12.4. The van der Waals surface area contributed by atoms with Gasteiger partial charge in [-0.3, -0.25) is 0 Å². The summed E-state index contributed by atoms with van der Waals surface area (Å²) in [6.45, 7) is 8.34. The number of aromatic nitrogens is 1. The van der Waals surface area contributed by atoms with Crippen LogP contribution in [0.4, 0.5) is 5.82 Å². The van der Waals surface area contributed by atoms with Crippen molar-refractivity contribution in [2.75, 3.05) is 18.5 Å². The lowest BCUT2D eigenvalue weighted by molar-refractivity contribution is 0.716. The monoisotopic (exact) mass is 289 g/mol. The standard InChI is InChI=1S/C16H23N3S/c1-5-17-10-14-9-12(2)16(18-11-14)19(4)13(3)15-7-6-8-20-15/h6-9,11,13,17H,5,10H2,1-4H3. The van der Waals surface area contributed by atoms with E-state index in [9.17, 15) is 0 Å². The van der Waals surface area contributed by atoms with E-state index in [0.29, 0.717) is 6.04 Å². The average Bonchev–Trinajstić information content (AvgIpc) is 2.98. The zero-order chi connectivity index (χ0) is 14.5. The molecule has 1 unspecified atom stereocenters. The smallest absolute Gasteiger partial charge is 0.131 e. The maximum Gasteiger partial charge on any atom is 0.131 e. The third-order valence-electron chi connectivity index (χ3n) is 3.56. The molecule has 0 fully saturated rings. The first-order valence-corrected chi connectivity index (χ1v) is 7.94. The molecule has 1 N–H and O–H groups in total. The molecule has 20 heavy (non-hydrogen) atoms. The van der Waals surface area contributed by atoms with Crippen LogP contribution in [0.2, 0.25) is 0 Å². The van der Waals surface area contributed by atoms with E-state index >= 15 is 0 Å². The summed E-state index contributed by atoms with van der Waals surface area (Å²) in [6, 6.07) is 6.86. The van der Waals surface area contributed by atoms with Gasteiger partial charge >= 0.3 is 0 Å². The van der Waals surface area contributed by atoms with E-state index in [1.165, 1.54) is 16.0 Å². The molecule has 2 heterocycles. The first-order chi connectivity index (χ1) is 9.63. The van der Waals surface area contributed by atoms with Crippen molar-refractivity contribution in [1.29, 1.82) is 0 Å². The molecule has 2 aromatic heterocycles. The van der Waals surface area contributed by atoms with Crippen molar-refractivity contribution in [3.05, 3.63) is 45.8 Å². The lowest BCUT2D eigenvalue weighted by Gasteiger charge is -2.26. The minimum Gasteiger partial charge on any atom is -0.352 e. The van der Waals surface area contributed by atoms with E-state index in [4.69, 9.17) is 0 Å². The zero-order valence-corrected chi connectivity index (χ0v) is 13.5. The van der Waals surface area contributed by atoms with Gasteiger partial charge in [-0.25, -0.2) is 4.98 Å². The number of anilines is 1. The fraction of sp³-hybridized carbons (Fsp3) is 0.438. The SMILES string of the molecule is CCNCc1cnc(N(C)C(C)c2cccs2)c(C)c1. The Morgan fingerprint density at radius 3 is 2.85 bits per heavy atom. The Hall–Kier alpha value is -1.39. The van der Waals surface area contributed by atoms with Gasteiger partial charge in [-0.15, -0.1) is 11.3 Å². The summed E-state index contributed by atoms with van der Waals surface area (Å²) in [5.74, 6) is 1.06. The molecule has 0 saturated carbocycles. The molecule has 2 rings (SSSR count). The number of nitrogens with zero attached hydrogens (tertiary/aromatic N) is 2. The van der Waals surface area contributed by atoms with E-state index in [2.05, 4.69) is 66.6 Å². The van der Waals surface area contributed by atoms with E-state index in [1.807, 2.05) is 6.20 Å². The lowest BCUT2D eigenvalue weighted by atomic mass is 10.1. The molecule has 0 spiro atoms. The van der Waals surface area contributed by atoms with Crippen LogP contribution >= 0.6 is 11.3 Å². The molecular formula is C16H23N3S. The maximum atomic E-state index is 4.65. The Balaban J connectivity index is 2.15. The highest BCUT2D eigenvalue weighted by Gasteiger charge is 2.16. The highest BCUT2D eigenvalue weighted by molar-refractivity contribution is 7.10. The fourth-order valence-electron chi connectivity index (χ4n) is 2.26. The Bertz CT molecular complexity index is 537. The Morgan fingerprint density at radius 1 is 1.45 bits per heavy atom. The Labute approximate surface area is 125 Å². The maximum absolute atomic E-state index is 4.65. The van der Waals surface area contributed by atoms with Crippen LogP contribution in [0.1, 0.15) is 35.9 Å². The minimum absolute atomic E-state index is 0.348. The molecule has 0 radical (unpaired) electrons. The van der Waals surface area contributed by atoms with Crippen molar-refractivity contribution in [2.45, 2.75) is 33.4 Å². The predicted octanol–water partition coefficient (Wildman–Crippen LogP) is 3.76. The molecule has 2 aromatic rings. The van der Waals surface area contributed by atoms with Crippen molar-refractivity contribution in [3.63, 3.8) is 0 Å². The molecule has 0 aliphatic rings. The first kappa shape index (κ1) is 15.0. The first-order valence-electron chi connectivity index (χ1n) is 7.06. The summed E-state index contributed by atoms with van der Waals surface area (Å²) in [7, 11) is 2.11. The van der Waals surface area contributed by atoms with Gasteiger partial charge in [0.1, 0.15) is 5.82 Å². The summed E-state index contributed by atoms with van der Waals surface area (Å²) in [4.78, 5) is 8.27. The molecule has 0 saturated heterocycles. The van der Waals surface area contributed by atoms with Gasteiger partial charge in [-0.05, 0) is 49.0 Å². The van der Waals surface area contributed by atoms with Gasteiger partial charge in [-0.1, -0.05) is 13.0 Å². The number of aryl methyl sites for hydroxylation is 1. The third-order valence-corrected chi connectivity index (χ3v) is 4.60. The topological polar surface area (TPSA) is 28.2 Å². The van der Waals surface area contributed by atoms with E-state index in [0.717, 1.165) is 18.9 Å². The van der Waals surface area contributed by atoms with Crippen molar-refractivity contribution in [1.82, 2.24) is 10.3 Å². The second kappa shape index (κ2) is 6.86. The molecule has 3 nitrogen and oxygen atoms in total. The van der Waals surface area contributed by atoms with Crippen LogP contribution in [-0.4, -0.2) is 18.6 Å². The van der Waals surface area contributed by atoms with Gasteiger partial charge in [0.15, 0.2) is 0 Å². The largest absolute Gasteiger partial charge is 0.352 e. The van der Waals surface area contributed by atoms with E-state index in [-0.39, 0.29) is 0 Å². The minimum atomic E-state index is 0.348. The number of pyridine rings is 1. The van der Waals surface area contributed by atoms with E-state index < -0.39 is 0 Å². The lowest BCUT2D eigenvalue weighted by Crippen LogP contribution is -2.23. The molecular weight excluding hydrogens is 266 g/mol. The van der Waals surface area contributed by atoms with Crippen molar-refractivity contribution >= 4 is 17.2 Å². The molecule has 0 aliphatic carbocycles.